The number of anilines is 1. The van der Waals surface area contributed by atoms with Crippen molar-refractivity contribution in [3.05, 3.63) is 16.7 Å². The number of nitrogens with zero attached hydrogens (tertiary/aromatic N) is 1. The van der Waals surface area contributed by atoms with E-state index in [1.54, 1.807) is 6.92 Å². The minimum absolute atomic E-state index is 0.0421. The van der Waals surface area contributed by atoms with E-state index in [4.69, 9.17) is 5.84 Å². The zero-order valence-corrected chi connectivity index (χ0v) is 13.6. The fourth-order valence-electron chi connectivity index (χ4n) is 1.45. The Kier molecular flexibility index (Phi) is 5.86. The second kappa shape index (κ2) is 6.75. The number of nitrogen functional groups attached to an aromatic ring is 1. The van der Waals surface area contributed by atoms with Crippen molar-refractivity contribution in [2.24, 2.45) is 5.84 Å². The van der Waals surface area contributed by atoms with Crippen molar-refractivity contribution >= 4 is 42.6 Å². The molecule has 0 fully saturated rings. The number of rotatable bonds is 6. The van der Waals surface area contributed by atoms with Gasteiger partial charge in [0.05, 0.1) is 0 Å². The van der Waals surface area contributed by atoms with E-state index < -0.39 is 26.9 Å². The van der Waals surface area contributed by atoms with Crippen molar-refractivity contribution in [2.45, 2.75) is 17.9 Å². The molecule has 0 aliphatic heterocycles. The maximum absolute atomic E-state index is 12.2. The van der Waals surface area contributed by atoms with Gasteiger partial charge in [0.1, 0.15) is 4.90 Å². The molecule has 1 heterocycles. The van der Waals surface area contributed by atoms with Gasteiger partial charge in [0.15, 0.2) is 5.82 Å². The molecular weight excluding hydrogens is 356 g/mol. The number of sulfonamides is 1. The zero-order valence-electron chi connectivity index (χ0n) is 10.4. The van der Waals surface area contributed by atoms with Gasteiger partial charge in [0.2, 0.25) is 10.0 Å². The first-order chi connectivity index (χ1) is 8.76. The first kappa shape index (κ1) is 16.5. The number of hydrogen-bond donors (Lipinski definition) is 3. The van der Waals surface area contributed by atoms with Crippen LogP contribution >= 0.6 is 15.9 Å². The van der Waals surface area contributed by atoms with Crippen molar-refractivity contribution in [1.29, 1.82) is 0 Å². The van der Waals surface area contributed by atoms with Gasteiger partial charge in [-0.05, 0) is 28.9 Å². The smallest absolute Gasteiger partial charge is 0.244 e. The molecule has 0 aliphatic rings. The third-order valence-corrected chi connectivity index (χ3v) is 5.09. The van der Waals surface area contributed by atoms with Gasteiger partial charge in [-0.2, -0.15) is 0 Å². The van der Waals surface area contributed by atoms with Gasteiger partial charge in [-0.1, -0.05) is 0 Å². The highest BCUT2D eigenvalue weighted by molar-refractivity contribution is 9.10. The second-order valence-corrected chi connectivity index (χ2v) is 7.98. The molecule has 10 heteroatoms. The Hall–Kier alpha value is -0.550. The molecule has 1 aromatic heterocycles. The summed E-state index contributed by atoms with van der Waals surface area (Å²) < 4.78 is 38.4. The molecule has 0 saturated carbocycles. The number of nitrogens with one attached hydrogen (secondary N) is 2. The van der Waals surface area contributed by atoms with Crippen LogP contribution in [0.15, 0.2) is 21.6 Å². The maximum Gasteiger partial charge on any atom is 0.244 e. The molecule has 108 valence electrons. The van der Waals surface area contributed by atoms with E-state index in [0.717, 1.165) is 0 Å². The summed E-state index contributed by atoms with van der Waals surface area (Å²) in [5, 5.41) is 0. The van der Waals surface area contributed by atoms with Crippen LogP contribution in [-0.2, 0) is 20.8 Å². The molecule has 1 aromatic rings. The molecule has 0 aromatic carbocycles. The van der Waals surface area contributed by atoms with Gasteiger partial charge >= 0.3 is 0 Å². The number of hydrazine groups is 1. The SMILES string of the molecule is CC(CS(C)=O)NS(=O)(=O)c1cc(Br)cnc1NN. The van der Waals surface area contributed by atoms with Gasteiger partial charge < -0.3 is 5.43 Å². The van der Waals surface area contributed by atoms with Gasteiger partial charge in [0.25, 0.3) is 0 Å². The van der Waals surface area contributed by atoms with E-state index in [2.05, 4.69) is 31.1 Å². The van der Waals surface area contributed by atoms with E-state index >= 15 is 0 Å². The van der Waals surface area contributed by atoms with Crippen molar-refractivity contribution in [3.8, 4) is 0 Å². The monoisotopic (exact) mass is 370 g/mol. The predicted molar refractivity (Wildman–Crippen MR) is 78.5 cm³/mol. The summed E-state index contributed by atoms with van der Waals surface area (Å²) in [6, 6.07) is 0.931. The van der Waals surface area contributed by atoms with Crippen LogP contribution in [0.3, 0.4) is 0 Å². The van der Waals surface area contributed by atoms with E-state index in [0.29, 0.717) is 4.47 Å². The molecule has 2 unspecified atom stereocenters. The molecule has 0 amide bonds. The van der Waals surface area contributed by atoms with Gasteiger partial charge in [0, 0.05) is 39.5 Å². The highest BCUT2D eigenvalue weighted by Gasteiger charge is 2.22. The third-order valence-electron chi connectivity index (χ3n) is 2.09. The molecule has 2 atom stereocenters. The van der Waals surface area contributed by atoms with E-state index in [1.807, 2.05) is 0 Å². The van der Waals surface area contributed by atoms with Crippen molar-refractivity contribution in [1.82, 2.24) is 9.71 Å². The predicted octanol–water partition coefficient (Wildman–Crippen LogP) is 0.175. The summed E-state index contributed by atoms with van der Waals surface area (Å²) in [5.41, 5.74) is 2.23. The minimum atomic E-state index is -3.79. The molecular formula is C9H15BrN4O3S2. The van der Waals surface area contributed by atoms with Crippen LogP contribution in [0.4, 0.5) is 5.82 Å². The summed E-state index contributed by atoms with van der Waals surface area (Å²) in [5.74, 6) is 5.51. The summed E-state index contributed by atoms with van der Waals surface area (Å²) in [4.78, 5) is 3.80. The van der Waals surface area contributed by atoms with E-state index in [1.165, 1.54) is 18.5 Å². The van der Waals surface area contributed by atoms with Crippen molar-refractivity contribution in [3.63, 3.8) is 0 Å². The molecule has 7 nitrogen and oxygen atoms in total. The average molecular weight is 371 g/mol. The van der Waals surface area contributed by atoms with Crippen LogP contribution in [0.5, 0.6) is 0 Å². The number of halogens is 1. The standard InChI is InChI=1S/C9H15BrN4O3S2/c1-6(5-18(2)15)14-19(16,17)8-3-7(10)4-12-9(8)13-11/h3-4,6,14H,5,11H2,1-2H3,(H,12,13). The highest BCUT2D eigenvalue weighted by Crippen LogP contribution is 2.22. The minimum Gasteiger partial charge on any atom is -0.307 e. The van der Waals surface area contributed by atoms with Gasteiger partial charge in [-0.3, -0.25) is 4.21 Å². The Bertz CT molecular complexity index is 579. The summed E-state index contributed by atoms with van der Waals surface area (Å²) in [6.45, 7) is 1.64. The van der Waals surface area contributed by atoms with E-state index in [-0.39, 0.29) is 16.5 Å². The first-order valence-corrected chi connectivity index (χ1v) is 9.21. The summed E-state index contributed by atoms with van der Waals surface area (Å²) >= 11 is 3.15. The Morgan fingerprint density at radius 3 is 2.74 bits per heavy atom. The summed E-state index contributed by atoms with van der Waals surface area (Å²) in [6.07, 6.45) is 2.94. The quantitative estimate of drug-likeness (QED) is 0.485. The molecule has 0 radical (unpaired) electrons. The lowest BCUT2D eigenvalue weighted by Crippen LogP contribution is -2.36. The van der Waals surface area contributed by atoms with Gasteiger partial charge in [-0.25, -0.2) is 24.0 Å². The fraction of sp³-hybridized carbons (Fsp3) is 0.444. The average Bonchev–Trinajstić information content (AvgIpc) is 2.26. The van der Waals surface area contributed by atoms with Crippen LogP contribution in [0.25, 0.3) is 0 Å². The van der Waals surface area contributed by atoms with Crippen molar-refractivity contribution < 1.29 is 12.6 Å². The van der Waals surface area contributed by atoms with E-state index in [9.17, 15) is 12.6 Å². The normalized spacial score (nSPS) is 14.9. The van der Waals surface area contributed by atoms with Gasteiger partial charge in [-0.15, -0.1) is 0 Å². The largest absolute Gasteiger partial charge is 0.307 e. The lowest BCUT2D eigenvalue weighted by molar-refractivity contribution is 0.570. The Morgan fingerprint density at radius 2 is 2.21 bits per heavy atom. The molecule has 0 saturated heterocycles. The molecule has 19 heavy (non-hydrogen) atoms. The number of nitrogens with two attached hydrogens (primary N) is 1. The van der Waals surface area contributed by atoms with Crippen LogP contribution in [0.1, 0.15) is 6.92 Å². The molecule has 1 rings (SSSR count). The van der Waals surface area contributed by atoms with Crippen LogP contribution < -0.4 is 16.0 Å². The molecule has 0 spiro atoms. The number of aromatic nitrogens is 1. The Morgan fingerprint density at radius 1 is 1.58 bits per heavy atom. The number of pyridine rings is 1. The highest BCUT2D eigenvalue weighted by atomic mass is 79.9. The topological polar surface area (TPSA) is 114 Å². The van der Waals surface area contributed by atoms with Crippen molar-refractivity contribution in [2.75, 3.05) is 17.4 Å². The van der Waals surface area contributed by atoms with Crippen LogP contribution in [-0.4, -0.2) is 35.7 Å². The molecule has 0 aliphatic carbocycles. The molecule has 0 bridgehead atoms. The lowest BCUT2D eigenvalue weighted by atomic mass is 10.4. The Balaban J connectivity index is 3.06. The fourth-order valence-corrected chi connectivity index (χ4v) is 4.21. The zero-order chi connectivity index (χ0) is 14.6. The second-order valence-electron chi connectivity index (χ2n) is 3.91. The van der Waals surface area contributed by atoms with Crippen LogP contribution in [0.2, 0.25) is 0 Å². The van der Waals surface area contributed by atoms with Crippen LogP contribution in [0, 0.1) is 0 Å². The number of hydrogen-bond acceptors (Lipinski definition) is 6. The maximum atomic E-state index is 12.2. The first-order valence-electron chi connectivity index (χ1n) is 5.20. The summed E-state index contributed by atoms with van der Waals surface area (Å²) in [7, 11) is -4.88. The Labute approximate surface area is 123 Å². The third kappa shape index (κ3) is 4.80. The lowest BCUT2D eigenvalue weighted by Gasteiger charge is -2.14. The molecule has 4 N–H and O–H groups in total.